The molecule has 2 heterocycles. The summed E-state index contributed by atoms with van der Waals surface area (Å²) in [6.07, 6.45) is 1.72. The van der Waals surface area contributed by atoms with Gasteiger partial charge in [0.1, 0.15) is 0 Å². The summed E-state index contributed by atoms with van der Waals surface area (Å²) in [7, 11) is -3.65. The molecule has 4 rings (SSSR count). The average molecular weight is 444 g/mol. The Labute approximate surface area is 179 Å². The summed E-state index contributed by atoms with van der Waals surface area (Å²) in [5, 5.41) is 5.11. The Balaban J connectivity index is 1.39. The number of hydrogen-bond acceptors (Lipinski definition) is 6. The number of aromatic nitrogens is 1. The first-order chi connectivity index (χ1) is 14.5. The molecule has 1 aliphatic heterocycles. The number of amides is 1. The van der Waals surface area contributed by atoms with Crippen LogP contribution in [0.3, 0.4) is 0 Å². The summed E-state index contributed by atoms with van der Waals surface area (Å²) in [5.74, 6) is -0.347. The van der Waals surface area contributed by atoms with Gasteiger partial charge in [0.15, 0.2) is 5.13 Å². The molecule has 0 radical (unpaired) electrons. The first-order valence-electron chi connectivity index (χ1n) is 9.55. The van der Waals surface area contributed by atoms with Gasteiger partial charge < -0.3 is 4.74 Å². The molecule has 30 heavy (non-hydrogen) atoms. The first kappa shape index (κ1) is 20.7. The molecule has 0 unspecified atom stereocenters. The smallest absolute Gasteiger partial charge is 0.257 e. The van der Waals surface area contributed by atoms with E-state index in [9.17, 15) is 13.2 Å². The second-order valence-electron chi connectivity index (χ2n) is 6.87. The molecule has 0 spiro atoms. The maximum absolute atomic E-state index is 12.5. The molecule has 1 aromatic heterocycles. The van der Waals surface area contributed by atoms with Crippen molar-refractivity contribution in [2.75, 3.05) is 18.5 Å². The maximum atomic E-state index is 12.5. The fourth-order valence-electron chi connectivity index (χ4n) is 3.12. The molecule has 1 aliphatic rings. The van der Waals surface area contributed by atoms with Crippen LogP contribution in [0.5, 0.6) is 0 Å². The highest BCUT2D eigenvalue weighted by Gasteiger charge is 2.20. The third-order valence-corrected chi connectivity index (χ3v) is 6.94. The van der Waals surface area contributed by atoms with Gasteiger partial charge in [0.2, 0.25) is 10.0 Å². The zero-order valence-corrected chi connectivity index (χ0v) is 17.7. The summed E-state index contributed by atoms with van der Waals surface area (Å²) >= 11 is 1.33. The third kappa shape index (κ3) is 4.93. The number of carbonyl (C=O) groups excluding carboxylic acids is 1. The van der Waals surface area contributed by atoms with Crippen LogP contribution >= 0.6 is 11.3 Å². The van der Waals surface area contributed by atoms with Crippen molar-refractivity contribution in [3.05, 3.63) is 65.5 Å². The zero-order chi connectivity index (χ0) is 21.0. The minimum atomic E-state index is -3.65. The van der Waals surface area contributed by atoms with Crippen LogP contribution in [0.2, 0.25) is 0 Å². The number of rotatable bonds is 7. The summed E-state index contributed by atoms with van der Waals surface area (Å²) in [4.78, 5) is 17.0. The summed E-state index contributed by atoms with van der Waals surface area (Å²) in [5.41, 5.74) is 2.11. The second-order valence-corrected chi connectivity index (χ2v) is 9.49. The van der Waals surface area contributed by atoms with Crippen molar-refractivity contribution in [2.24, 2.45) is 0 Å². The molecule has 1 saturated heterocycles. The lowest BCUT2D eigenvalue weighted by Crippen LogP contribution is -2.31. The molecular formula is C21H21N3O4S2. The van der Waals surface area contributed by atoms with Gasteiger partial charge in [-0.1, -0.05) is 30.3 Å². The van der Waals surface area contributed by atoms with E-state index in [4.69, 9.17) is 4.74 Å². The maximum Gasteiger partial charge on any atom is 0.257 e. The highest BCUT2D eigenvalue weighted by atomic mass is 32.2. The Morgan fingerprint density at radius 2 is 1.90 bits per heavy atom. The first-order valence-corrected chi connectivity index (χ1v) is 11.9. The summed E-state index contributed by atoms with van der Waals surface area (Å²) in [6.45, 7) is 0.917. The van der Waals surface area contributed by atoms with Gasteiger partial charge in [-0.05, 0) is 37.1 Å². The van der Waals surface area contributed by atoms with E-state index in [0.29, 0.717) is 17.3 Å². The predicted octanol–water partition coefficient (Wildman–Crippen LogP) is 3.52. The van der Waals surface area contributed by atoms with Crippen LogP contribution < -0.4 is 10.0 Å². The van der Waals surface area contributed by atoms with E-state index >= 15 is 0 Å². The van der Waals surface area contributed by atoms with E-state index in [1.54, 1.807) is 0 Å². The van der Waals surface area contributed by atoms with Crippen molar-refractivity contribution < 1.29 is 17.9 Å². The highest BCUT2D eigenvalue weighted by molar-refractivity contribution is 7.89. The van der Waals surface area contributed by atoms with E-state index in [2.05, 4.69) is 15.0 Å². The van der Waals surface area contributed by atoms with Gasteiger partial charge in [-0.25, -0.2) is 18.1 Å². The number of anilines is 1. The molecule has 3 aromatic rings. The van der Waals surface area contributed by atoms with E-state index in [-0.39, 0.29) is 23.5 Å². The van der Waals surface area contributed by atoms with Crippen molar-refractivity contribution >= 4 is 32.4 Å². The third-order valence-electron chi connectivity index (χ3n) is 4.75. The van der Waals surface area contributed by atoms with Gasteiger partial charge in [0, 0.05) is 29.7 Å². The van der Waals surface area contributed by atoms with Crippen LogP contribution in [-0.4, -0.2) is 38.6 Å². The molecule has 1 amide bonds. The Bertz CT molecular complexity index is 1110. The molecule has 7 nitrogen and oxygen atoms in total. The lowest BCUT2D eigenvalue weighted by Gasteiger charge is -2.11. The molecule has 1 fully saturated rings. The summed E-state index contributed by atoms with van der Waals surface area (Å²) < 4.78 is 32.8. The molecule has 2 N–H and O–H groups in total. The quantitative estimate of drug-likeness (QED) is 0.582. The van der Waals surface area contributed by atoms with E-state index in [0.717, 1.165) is 24.1 Å². The topological polar surface area (TPSA) is 97.4 Å². The van der Waals surface area contributed by atoms with Crippen LogP contribution in [0.15, 0.2) is 64.9 Å². The van der Waals surface area contributed by atoms with E-state index in [1.807, 2.05) is 35.7 Å². The van der Waals surface area contributed by atoms with Crippen molar-refractivity contribution in [1.29, 1.82) is 0 Å². The molecule has 0 saturated carbocycles. The highest BCUT2D eigenvalue weighted by Crippen LogP contribution is 2.25. The van der Waals surface area contributed by atoms with Crippen molar-refractivity contribution in [3.63, 3.8) is 0 Å². The molecule has 9 heteroatoms. The lowest BCUT2D eigenvalue weighted by atomic mass is 10.2. The minimum Gasteiger partial charge on any atom is -0.377 e. The average Bonchev–Trinajstić information content (AvgIpc) is 3.45. The zero-order valence-electron chi connectivity index (χ0n) is 16.1. The predicted molar refractivity (Wildman–Crippen MR) is 116 cm³/mol. The largest absolute Gasteiger partial charge is 0.377 e. The lowest BCUT2D eigenvalue weighted by molar-refractivity contribution is 0.102. The van der Waals surface area contributed by atoms with Crippen LogP contribution in [0.4, 0.5) is 5.13 Å². The van der Waals surface area contributed by atoms with Crippen molar-refractivity contribution in [1.82, 2.24) is 9.71 Å². The monoisotopic (exact) mass is 443 g/mol. The Hall–Kier alpha value is -2.59. The standard InChI is InChI=1S/C21H21N3O4S2/c25-20(24-21-23-19(14-29-21)15-5-2-1-3-6-15)16-8-10-18(11-9-16)30(26,27)22-13-17-7-4-12-28-17/h1-3,5-6,8-11,14,17,22H,4,7,12-13H2,(H,23,24,25)/t17-/m0/s1. The van der Waals surface area contributed by atoms with Crippen LogP contribution in [0.1, 0.15) is 23.2 Å². The van der Waals surface area contributed by atoms with Gasteiger partial charge in [-0.15, -0.1) is 11.3 Å². The number of ether oxygens (including phenoxy) is 1. The van der Waals surface area contributed by atoms with E-state index in [1.165, 1.54) is 35.6 Å². The molecular weight excluding hydrogens is 422 g/mol. The molecule has 1 atom stereocenters. The minimum absolute atomic E-state index is 0.0797. The fourth-order valence-corrected chi connectivity index (χ4v) is 4.90. The normalized spacial score (nSPS) is 16.5. The number of hydrogen-bond donors (Lipinski definition) is 2. The van der Waals surface area contributed by atoms with Crippen LogP contribution in [0, 0.1) is 0 Å². The Morgan fingerprint density at radius 3 is 2.60 bits per heavy atom. The Kier molecular flexibility index (Phi) is 6.24. The number of carbonyl (C=O) groups is 1. The van der Waals surface area contributed by atoms with Gasteiger partial charge in [-0.3, -0.25) is 10.1 Å². The van der Waals surface area contributed by atoms with Crippen LogP contribution in [0.25, 0.3) is 11.3 Å². The Morgan fingerprint density at radius 1 is 1.13 bits per heavy atom. The van der Waals surface area contributed by atoms with Gasteiger partial charge in [0.05, 0.1) is 16.7 Å². The second kappa shape index (κ2) is 9.05. The number of benzene rings is 2. The van der Waals surface area contributed by atoms with E-state index < -0.39 is 10.0 Å². The van der Waals surface area contributed by atoms with Crippen molar-refractivity contribution in [2.45, 2.75) is 23.8 Å². The fraction of sp³-hybridized carbons (Fsp3) is 0.238. The number of sulfonamides is 1. The molecule has 156 valence electrons. The SMILES string of the molecule is O=C(Nc1nc(-c2ccccc2)cs1)c1ccc(S(=O)(=O)NC[C@@H]2CCCO2)cc1. The number of thiazole rings is 1. The van der Waals surface area contributed by atoms with Crippen molar-refractivity contribution in [3.8, 4) is 11.3 Å². The molecule has 0 bridgehead atoms. The van der Waals surface area contributed by atoms with Crippen LogP contribution in [-0.2, 0) is 14.8 Å². The molecule has 2 aromatic carbocycles. The molecule has 0 aliphatic carbocycles. The van der Waals surface area contributed by atoms with Gasteiger partial charge in [0.25, 0.3) is 5.91 Å². The van der Waals surface area contributed by atoms with Gasteiger partial charge in [-0.2, -0.15) is 0 Å². The number of nitrogens with zero attached hydrogens (tertiary/aromatic N) is 1. The van der Waals surface area contributed by atoms with Gasteiger partial charge >= 0.3 is 0 Å². The summed E-state index contributed by atoms with van der Waals surface area (Å²) in [6, 6.07) is 15.5. The number of nitrogens with one attached hydrogen (secondary N) is 2.